The van der Waals surface area contributed by atoms with Crippen molar-refractivity contribution in [3.8, 4) is 16.3 Å². The maximum Gasteiger partial charge on any atom is 0.263 e. The van der Waals surface area contributed by atoms with E-state index in [9.17, 15) is 8.42 Å². The van der Waals surface area contributed by atoms with Crippen molar-refractivity contribution in [1.82, 2.24) is 19.7 Å². The lowest BCUT2D eigenvalue weighted by atomic mass is 10.3. The number of thiophene rings is 1. The highest BCUT2D eigenvalue weighted by molar-refractivity contribution is 7.92. The summed E-state index contributed by atoms with van der Waals surface area (Å²) in [5, 5.41) is 9.32. The molecule has 0 spiro atoms. The Balaban J connectivity index is 1.33. The fraction of sp³-hybridized carbons (Fsp3) is 0. The van der Waals surface area contributed by atoms with Crippen LogP contribution in [0.1, 0.15) is 0 Å². The molecule has 0 amide bonds. The number of aromatic nitrogens is 4. The molecule has 3 aromatic heterocycles. The van der Waals surface area contributed by atoms with Crippen molar-refractivity contribution < 1.29 is 8.42 Å². The van der Waals surface area contributed by atoms with E-state index in [2.05, 4.69) is 25.1 Å². The van der Waals surface area contributed by atoms with Gasteiger partial charge in [-0.1, -0.05) is 24.3 Å². The number of para-hydroxylation sites is 1. The highest BCUT2D eigenvalue weighted by Gasteiger charge is 2.17. The van der Waals surface area contributed by atoms with Gasteiger partial charge in [-0.3, -0.25) is 4.72 Å². The van der Waals surface area contributed by atoms with Crippen molar-refractivity contribution in [2.45, 2.75) is 4.90 Å². The molecular weight excluding hydrogens is 456 g/mol. The average Bonchev–Trinajstić information content (AvgIpc) is 3.53. The molecular formula is C23H18N6O2S2. The summed E-state index contributed by atoms with van der Waals surface area (Å²) in [5.74, 6) is 0.781. The van der Waals surface area contributed by atoms with E-state index in [1.165, 1.54) is 16.8 Å². The number of nitrogens with one attached hydrogen (secondary N) is 2. The maximum absolute atomic E-state index is 12.9. The quantitative estimate of drug-likeness (QED) is 0.347. The molecule has 5 aromatic rings. The van der Waals surface area contributed by atoms with Gasteiger partial charge in [-0.2, -0.15) is 5.10 Å². The molecule has 0 atom stereocenters. The minimum absolute atomic E-state index is 0.127. The largest absolute Gasteiger partial charge is 0.324 e. The molecule has 33 heavy (non-hydrogen) atoms. The van der Waals surface area contributed by atoms with Crippen LogP contribution >= 0.6 is 11.3 Å². The van der Waals surface area contributed by atoms with Crippen molar-refractivity contribution in [3.05, 3.63) is 96.6 Å². The van der Waals surface area contributed by atoms with E-state index in [0.717, 1.165) is 16.3 Å². The third-order valence-electron chi connectivity index (χ3n) is 4.73. The molecule has 0 saturated carbocycles. The first-order valence-electron chi connectivity index (χ1n) is 9.95. The molecule has 0 aliphatic heterocycles. The average molecular weight is 475 g/mol. The Morgan fingerprint density at radius 3 is 2.42 bits per heavy atom. The first-order valence-corrected chi connectivity index (χ1v) is 12.3. The van der Waals surface area contributed by atoms with Crippen LogP contribution < -0.4 is 10.0 Å². The Bertz CT molecular complexity index is 1470. The molecule has 8 nitrogen and oxygen atoms in total. The van der Waals surface area contributed by atoms with E-state index in [4.69, 9.17) is 0 Å². The number of nitrogens with zero attached hydrogens (tertiary/aromatic N) is 4. The number of hydrogen-bond acceptors (Lipinski definition) is 7. The summed E-state index contributed by atoms with van der Waals surface area (Å²) in [6.45, 7) is 0. The van der Waals surface area contributed by atoms with Gasteiger partial charge in [0.15, 0.2) is 0 Å². The monoisotopic (exact) mass is 474 g/mol. The summed E-state index contributed by atoms with van der Waals surface area (Å²) < 4.78 is 30.0. The zero-order valence-corrected chi connectivity index (χ0v) is 18.8. The highest BCUT2D eigenvalue weighted by atomic mass is 32.2. The van der Waals surface area contributed by atoms with Gasteiger partial charge in [0.05, 0.1) is 27.4 Å². The van der Waals surface area contributed by atoms with Gasteiger partial charge in [0, 0.05) is 18.0 Å². The summed E-state index contributed by atoms with van der Waals surface area (Å²) in [6, 6.07) is 23.1. The third-order valence-corrected chi connectivity index (χ3v) is 7.00. The summed E-state index contributed by atoms with van der Waals surface area (Å²) in [4.78, 5) is 9.94. The first kappa shape index (κ1) is 20.9. The number of anilines is 3. The van der Waals surface area contributed by atoms with E-state index >= 15 is 0 Å². The number of sulfonamides is 1. The standard InChI is InChI=1S/C23H18N6O2S2/c30-33(31,28-22-13-15-25-29(22)18-5-2-1-3-6-18)19-10-8-17(9-11-19)26-23-24-14-12-20(27-23)21-7-4-16-32-21/h1-16,28H,(H,24,26,27). The van der Waals surface area contributed by atoms with Crippen LogP contribution in [0.3, 0.4) is 0 Å². The van der Waals surface area contributed by atoms with Gasteiger partial charge in [0.2, 0.25) is 5.95 Å². The lowest BCUT2D eigenvalue weighted by Gasteiger charge is -2.11. The lowest BCUT2D eigenvalue weighted by molar-refractivity contribution is 0.600. The fourth-order valence-corrected chi connectivity index (χ4v) is 4.92. The van der Waals surface area contributed by atoms with Gasteiger partial charge < -0.3 is 5.32 Å². The minimum atomic E-state index is -3.81. The van der Waals surface area contributed by atoms with Gasteiger partial charge in [-0.15, -0.1) is 11.3 Å². The van der Waals surface area contributed by atoms with Crippen molar-refractivity contribution >= 4 is 38.8 Å². The van der Waals surface area contributed by atoms with E-state index < -0.39 is 10.0 Å². The second-order valence-corrected chi connectivity index (χ2v) is 9.59. The van der Waals surface area contributed by atoms with Gasteiger partial charge in [-0.25, -0.2) is 23.1 Å². The number of benzene rings is 2. The van der Waals surface area contributed by atoms with E-state index in [1.807, 2.05) is 53.9 Å². The molecule has 0 aliphatic rings. The van der Waals surface area contributed by atoms with Crippen LogP contribution in [0, 0.1) is 0 Å². The van der Waals surface area contributed by atoms with Crippen LogP contribution in [0.5, 0.6) is 0 Å². The molecule has 0 unspecified atom stereocenters. The van der Waals surface area contributed by atoms with Crippen molar-refractivity contribution in [3.63, 3.8) is 0 Å². The zero-order chi connectivity index (χ0) is 22.7. The van der Waals surface area contributed by atoms with Crippen LogP contribution in [0.4, 0.5) is 17.5 Å². The fourth-order valence-electron chi connectivity index (χ4n) is 3.18. The molecule has 0 radical (unpaired) electrons. The molecule has 2 N–H and O–H groups in total. The topological polar surface area (TPSA) is 102 Å². The molecule has 10 heteroatoms. The molecule has 2 aromatic carbocycles. The second kappa shape index (κ2) is 8.85. The summed E-state index contributed by atoms with van der Waals surface area (Å²) in [7, 11) is -3.81. The Kier molecular flexibility index (Phi) is 5.59. The molecule has 5 rings (SSSR count). The van der Waals surface area contributed by atoms with Crippen LogP contribution in [-0.2, 0) is 10.0 Å². The van der Waals surface area contributed by atoms with Gasteiger partial charge in [0.1, 0.15) is 5.82 Å². The van der Waals surface area contributed by atoms with E-state index in [0.29, 0.717) is 17.5 Å². The molecule has 3 heterocycles. The Morgan fingerprint density at radius 1 is 0.848 bits per heavy atom. The van der Waals surface area contributed by atoms with Crippen LogP contribution in [-0.4, -0.2) is 28.2 Å². The van der Waals surface area contributed by atoms with Crippen molar-refractivity contribution in [1.29, 1.82) is 0 Å². The summed E-state index contributed by atoms with van der Waals surface area (Å²) >= 11 is 1.60. The van der Waals surface area contributed by atoms with Gasteiger partial charge in [0.25, 0.3) is 10.0 Å². The predicted molar refractivity (Wildman–Crippen MR) is 129 cm³/mol. The highest BCUT2D eigenvalue weighted by Crippen LogP contribution is 2.25. The van der Waals surface area contributed by atoms with Gasteiger partial charge >= 0.3 is 0 Å². The van der Waals surface area contributed by atoms with Crippen LogP contribution in [0.15, 0.2) is 102 Å². The molecule has 0 bridgehead atoms. The van der Waals surface area contributed by atoms with Gasteiger partial charge in [-0.05, 0) is 53.9 Å². The van der Waals surface area contributed by atoms with Crippen molar-refractivity contribution in [2.24, 2.45) is 0 Å². The van der Waals surface area contributed by atoms with E-state index in [1.54, 1.807) is 41.9 Å². The Hall–Kier alpha value is -4.02. The van der Waals surface area contributed by atoms with E-state index in [-0.39, 0.29) is 4.90 Å². The lowest BCUT2D eigenvalue weighted by Crippen LogP contribution is -2.16. The summed E-state index contributed by atoms with van der Waals surface area (Å²) in [5.41, 5.74) is 2.25. The van der Waals surface area contributed by atoms with Crippen LogP contribution in [0.2, 0.25) is 0 Å². The summed E-state index contributed by atoms with van der Waals surface area (Å²) in [6.07, 6.45) is 3.23. The second-order valence-electron chi connectivity index (χ2n) is 6.96. The molecule has 0 aliphatic carbocycles. The normalized spacial score (nSPS) is 11.3. The molecule has 164 valence electrons. The first-order chi connectivity index (χ1) is 16.1. The third kappa shape index (κ3) is 4.61. The minimum Gasteiger partial charge on any atom is -0.324 e. The Morgan fingerprint density at radius 2 is 1.67 bits per heavy atom. The molecule has 0 fully saturated rings. The Labute approximate surface area is 194 Å². The molecule has 0 saturated heterocycles. The SMILES string of the molecule is O=S(=O)(Nc1ccnn1-c1ccccc1)c1ccc(Nc2nccc(-c3cccs3)n2)cc1. The predicted octanol–water partition coefficient (Wildman–Crippen LogP) is 4.94. The smallest absolute Gasteiger partial charge is 0.263 e. The van der Waals surface area contributed by atoms with Crippen LogP contribution in [0.25, 0.3) is 16.3 Å². The zero-order valence-electron chi connectivity index (χ0n) is 17.2. The number of hydrogen-bond donors (Lipinski definition) is 2. The number of rotatable bonds is 7. The van der Waals surface area contributed by atoms with Crippen molar-refractivity contribution in [2.75, 3.05) is 10.0 Å². The maximum atomic E-state index is 12.9.